The Morgan fingerprint density at radius 3 is 2.27 bits per heavy atom. The van der Waals surface area contributed by atoms with Crippen LogP contribution in [0.2, 0.25) is 0 Å². The zero-order valence-corrected chi connectivity index (χ0v) is 15.0. The zero-order chi connectivity index (χ0) is 16.0. The molecule has 1 rings (SSSR count). The van der Waals surface area contributed by atoms with Gasteiger partial charge in [0.25, 0.3) is 0 Å². The van der Waals surface area contributed by atoms with Gasteiger partial charge in [-0.3, -0.25) is 4.79 Å². The first kappa shape index (κ1) is 21.0. The molecule has 130 valence electrons. The molecule has 1 heterocycles. The number of amides is 1. The molecule has 0 aromatic carbocycles. The van der Waals surface area contributed by atoms with E-state index in [-0.39, 0.29) is 36.6 Å². The molecule has 1 N–H and O–H groups in total. The van der Waals surface area contributed by atoms with Gasteiger partial charge >= 0.3 is 12.1 Å². The van der Waals surface area contributed by atoms with E-state index >= 15 is 0 Å². The highest BCUT2D eigenvalue weighted by Crippen LogP contribution is 2.17. The fourth-order valence-electron chi connectivity index (χ4n) is 2.14. The van der Waals surface area contributed by atoms with Crippen molar-refractivity contribution >= 4 is 24.5 Å². The summed E-state index contributed by atoms with van der Waals surface area (Å²) in [5.41, 5.74) is -0.484. The average Bonchev–Trinajstić information content (AvgIpc) is 2.37. The summed E-state index contributed by atoms with van der Waals surface area (Å²) in [5.74, 6) is -0.229. The van der Waals surface area contributed by atoms with Gasteiger partial charge in [-0.1, -0.05) is 6.92 Å². The standard InChI is InChI=1S/C15H28N2O4.ClH/c1-6-16-11(2)13(18)20-12-7-9-17(10-8-12)14(19)21-15(3,4)5;/h11-12,16H,6-10H2,1-5H3;1H. The molecule has 1 aliphatic heterocycles. The minimum absolute atomic E-state index is 0. The van der Waals surface area contributed by atoms with E-state index in [1.165, 1.54) is 0 Å². The molecular formula is C15H29ClN2O4. The van der Waals surface area contributed by atoms with Crippen molar-refractivity contribution in [3.63, 3.8) is 0 Å². The van der Waals surface area contributed by atoms with Gasteiger partial charge in [0, 0.05) is 25.9 Å². The summed E-state index contributed by atoms with van der Waals surface area (Å²) in [6.45, 7) is 11.1. The summed E-state index contributed by atoms with van der Waals surface area (Å²) in [6, 6.07) is -0.293. The SMILES string of the molecule is CCNC(C)C(=O)OC1CCN(C(=O)OC(C)(C)C)CC1.Cl. The minimum Gasteiger partial charge on any atom is -0.461 e. The summed E-state index contributed by atoms with van der Waals surface area (Å²) in [6.07, 6.45) is 0.902. The molecule has 7 heteroatoms. The lowest BCUT2D eigenvalue weighted by Gasteiger charge is -2.33. The quantitative estimate of drug-likeness (QED) is 0.798. The van der Waals surface area contributed by atoms with Gasteiger partial charge in [0.05, 0.1) is 0 Å². The lowest BCUT2D eigenvalue weighted by atomic mass is 10.1. The highest BCUT2D eigenvalue weighted by molar-refractivity contribution is 5.85. The number of hydrogen-bond acceptors (Lipinski definition) is 5. The molecule has 1 unspecified atom stereocenters. The Kier molecular flexibility index (Phi) is 8.78. The second-order valence-electron chi connectivity index (χ2n) is 6.38. The maximum absolute atomic E-state index is 11.9. The first-order valence-electron chi connectivity index (χ1n) is 7.64. The van der Waals surface area contributed by atoms with Crippen molar-refractivity contribution in [1.29, 1.82) is 0 Å². The molecule has 1 amide bonds. The van der Waals surface area contributed by atoms with Crippen LogP contribution in [0.1, 0.15) is 47.5 Å². The smallest absolute Gasteiger partial charge is 0.410 e. The van der Waals surface area contributed by atoms with Crippen LogP contribution < -0.4 is 5.32 Å². The van der Waals surface area contributed by atoms with Crippen LogP contribution in [0, 0.1) is 0 Å². The molecule has 6 nitrogen and oxygen atoms in total. The van der Waals surface area contributed by atoms with Crippen LogP contribution in [0.5, 0.6) is 0 Å². The molecule has 22 heavy (non-hydrogen) atoms. The van der Waals surface area contributed by atoms with Crippen molar-refractivity contribution in [3.05, 3.63) is 0 Å². The molecule has 0 aliphatic carbocycles. The summed E-state index contributed by atoms with van der Waals surface area (Å²) in [7, 11) is 0. The van der Waals surface area contributed by atoms with Crippen LogP contribution in [0.3, 0.4) is 0 Å². The molecular weight excluding hydrogens is 308 g/mol. The topological polar surface area (TPSA) is 67.9 Å². The summed E-state index contributed by atoms with van der Waals surface area (Å²) < 4.78 is 10.8. The fourth-order valence-corrected chi connectivity index (χ4v) is 2.14. The molecule has 0 bridgehead atoms. The summed E-state index contributed by atoms with van der Waals surface area (Å²) >= 11 is 0. The predicted molar refractivity (Wildman–Crippen MR) is 87.3 cm³/mol. The fraction of sp³-hybridized carbons (Fsp3) is 0.867. The van der Waals surface area contributed by atoms with Crippen molar-refractivity contribution in [2.45, 2.75) is 65.2 Å². The van der Waals surface area contributed by atoms with Crippen LogP contribution >= 0.6 is 12.4 Å². The largest absolute Gasteiger partial charge is 0.461 e. The van der Waals surface area contributed by atoms with E-state index in [2.05, 4.69) is 5.32 Å². The number of carbonyl (C=O) groups excluding carboxylic acids is 2. The number of esters is 1. The van der Waals surface area contributed by atoms with Crippen LogP contribution in [0.15, 0.2) is 0 Å². The van der Waals surface area contributed by atoms with Crippen molar-refractivity contribution in [1.82, 2.24) is 10.2 Å². The molecule has 1 atom stereocenters. The maximum atomic E-state index is 11.9. The summed E-state index contributed by atoms with van der Waals surface area (Å²) in [4.78, 5) is 25.4. The van der Waals surface area contributed by atoms with Crippen LogP contribution in [-0.4, -0.2) is 54.3 Å². The van der Waals surface area contributed by atoms with Crippen molar-refractivity contribution in [2.24, 2.45) is 0 Å². The van der Waals surface area contributed by atoms with E-state index in [1.807, 2.05) is 27.7 Å². The highest BCUT2D eigenvalue weighted by atomic mass is 35.5. The second-order valence-corrected chi connectivity index (χ2v) is 6.38. The Hall–Kier alpha value is -1.01. The summed E-state index contributed by atoms with van der Waals surface area (Å²) in [5, 5.41) is 3.03. The van der Waals surface area contributed by atoms with Gasteiger partial charge in [-0.15, -0.1) is 12.4 Å². The molecule has 0 aromatic rings. The number of nitrogens with zero attached hydrogens (tertiary/aromatic N) is 1. The number of rotatable bonds is 4. The molecule has 0 spiro atoms. The molecule has 0 aromatic heterocycles. The van der Waals surface area contributed by atoms with Gasteiger partial charge in [-0.2, -0.15) is 0 Å². The van der Waals surface area contributed by atoms with Gasteiger partial charge in [0.2, 0.25) is 0 Å². The Bertz CT molecular complexity index is 363. The van der Waals surface area contributed by atoms with Crippen LogP contribution in [0.4, 0.5) is 4.79 Å². The monoisotopic (exact) mass is 336 g/mol. The van der Waals surface area contributed by atoms with Gasteiger partial charge in [0.15, 0.2) is 0 Å². The molecule has 0 saturated carbocycles. The third-order valence-electron chi connectivity index (χ3n) is 3.24. The number of ether oxygens (including phenoxy) is 2. The lowest BCUT2D eigenvalue weighted by Crippen LogP contribution is -2.45. The van der Waals surface area contributed by atoms with E-state index in [0.717, 1.165) is 6.54 Å². The van der Waals surface area contributed by atoms with Crippen LogP contribution in [0.25, 0.3) is 0 Å². The van der Waals surface area contributed by atoms with E-state index in [4.69, 9.17) is 9.47 Å². The molecule has 1 aliphatic rings. The minimum atomic E-state index is -0.484. The van der Waals surface area contributed by atoms with Crippen LogP contribution in [-0.2, 0) is 14.3 Å². The average molecular weight is 337 g/mol. The first-order chi connectivity index (χ1) is 9.73. The number of nitrogens with one attached hydrogen (secondary N) is 1. The van der Waals surface area contributed by atoms with Crippen molar-refractivity contribution in [2.75, 3.05) is 19.6 Å². The van der Waals surface area contributed by atoms with Crippen molar-refractivity contribution in [3.8, 4) is 0 Å². The second kappa shape index (κ2) is 9.20. The van der Waals surface area contributed by atoms with E-state index in [1.54, 1.807) is 11.8 Å². The van der Waals surface area contributed by atoms with Gasteiger partial charge in [0.1, 0.15) is 17.7 Å². The van der Waals surface area contributed by atoms with Gasteiger partial charge < -0.3 is 19.7 Å². The molecule has 0 radical (unpaired) electrons. The number of halogens is 1. The predicted octanol–water partition coefficient (Wildman–Crippen LogP) is 2.35. The molecule has 1 fully saturated rings. The van der Waals surface area contributed by atoms with Gasteiger partial charge in [-0.25, -0.2) is 4.79 Å². The maximum Gasteiger partial charge on any atom is 0.410 e. The third kappa shape index (κ3) is 7.31. The normalized spacial score (nSPS) is 17.4. The van der Waals surface area contributed by atoms with Crippen molar-refractivity contribution < 1.29 is 19.1 Å². The highest BCUT2D eigenvalue weighted by Gasteiger charge is 2.29. The van der Waals surface area contributed by atoms with Gasteiger partial charge in [-0.05, 0) is 34.2 Å². The number of likely N-dealkylation sites (tertiary alicyclic amines) is 1. The number of hydrogen-bond donors (Lipinski definition) is 1. The first-order valence-corrected chi connectivity index (χ1v) is 7.64. The van der Waals surface area contributed by atoms with E-state index < -0.39 is 5.60 Å². The number of piperidine rings is 1. The number of carbonyl (C=O) groups is 2. The Morgan fingerprint density at radius 2 is 1.82 bits per heavy atom. The number of likely N-dealkylation sites (N-methyl/N-ethyl adjacent to an activating group) is 1. The zero-order valence-electron chi connectivity index (χ0n) is 14.2. The Morgan fingerprint density at radius 1 is 1.27 bits per heavy atom. The third-order valence-corrected chi connectivity index (χ3v) is 3.24. The van der Waals surface area contributed by atoms with E-state index in [0.29, 0.717) is 25.9 Å². The Labute approximate surface area is 139 Å². The lowest BCUT2D eigenvalue weighted by molar-refractivity contribution is -0.153. The Balaban J connectivity index is 0.00000441. The van der Waals surface area contributed by atoms with E-state index in [9.17, 15) is 9.59 Å². The molecule has 1 saturated heterocycles.